The first-order chi connectivity index (χ1) is 14.8. The van der Waals surface area contributed by atoms with Crippen LogP contribution >= 0.6 is 24.0 Å². The predicted octanol–water partition coefficient (Wildman–Crippen LogP) is 2.09. The van der Waals surface area contributed by atoms with Gasteiger partial charge in [-0.1, -0.05) is 18.2 Å². The smallest absolute Gasteiger partial charge is 0.191 e. The minimum atomic E-state index is 0. The number of nitrogens with zero attached hydrogens (tertiary/aromatic N) is 4. The van der Waals surface area contributed by atoms with Gasteiger partial charge in [-0.05, 0) is 38.9 Å². The van der Waals surface area contributed by atoms with E-state index in [1.807, 2.05) is 0 Å². The maximum atomic E-state index is 5.42. The second-order valence-electron chi connectivity index (χ2n) is 8.16. The van der Waals surface area contributed by atoms with Crippen LogP contribution in [-0.4, -0.2) is 100 Å². The molecule has 1 aromatic carbocycles. The Morgan fingerprint density at radius 1 is 1.03 bits per heavy atom. The normalized spacial score (nSPS) is 19.5. The average Bonchev–Trinajstić information content (AvgIpc) is 2.81. The fourth-order valence-electron chi connectivity index (χ4n) is 4.07. The van der Waals surface area contributed by atoms with Crippen LogP contribution in [0.1, 0.15) is 20.3 Å². The zero-order chi connectivity index (χ0) is 21.0. The van der Waals surface area contributed by atoms with Gasteiger partial charge in [-0.3, -0.25) is 14.8 Å². The molecule has 2 aliphatic heterocycles. The van der Waals surface area contributed by atoms with Crippen LogP contribution in [0, 0.1) is 0 Å². The van der Waals surface area contributed by atoms with E-state index >= 15 is 0 Å². The number of nitrogens with one attached hydrogen (secondary N) is 2. The van der Waals surface area contributed by atoms with Crippen molar-refractivity contribution in [3.05, 3.63) is 30.3 Å². The van der Waals surface area contributed by atoms with Gasteiger partial charge in [-0.15, -0.1) is 24.0 Å². The van der Waals surface area contributed by atoms with Crippen LogP contribution in [0.25, 0.3) is 0 Å². The largest absolute Gasteiger partial charge is 0.379 e. The van der Waals surface area contributed by atoms with Crippen LogP contribution in [0.3, 0.4) is 0 Å². The first-order valence-electron chi connectivity index (χ1n) is 11.6. The molecule has 8 heteroatoms. The quantitative estimate of drug-likeness (QED) is 0.215. The minimum Gasteiger partial charge on any atom is -0.379 e. The summed E-state index contributed by atoms with van der Waals surface area (Å²) in [5.74, 6) is 0.939. The van der Waals surface area contributed by atoms with Crippen LogP contribution in [0.15, 0.2) is 35.3 Å². The second kappa shape index (κ2) is 14.9. The summed E-state index contributed by atoms with van der Waals surface area (Å²) in [4.78, 5) is 12.4. The van der Waals surface area contributed by atoms with E-state index in [2.05, 4.69) is 69.5 Å². The number of para-hydroxylation sites is 1. The maximum Gasteiger partial charge on any atom is 0.191 e. The molecule has 2 heterocycles. The lowest BCUT2D eigenvalue weighted by Crippen LogP contribution is -2.50. The molecule has 1 aromatic rings. The SMILES string of the molecule is CCNC(=NCC(C)N1CCN(c2ccccc2)CC1)NCCCN1CCOCC1.I. The Balaban J connectivity index is 0.00000341. The Morgan fingerprint density at radius 3 is 2.42 bits per heavy atom. The summed E-state index contributed by atoms with van der Waals surface area (Å²) < 4.78 is 5.42. The molecule has 176 valence electrons. The van der Waals surface area contributed by atoms with Crippen LogP contribution in [0.5, 0.6) is 0 Å². The summed E-state index contributed by atoms with van der Waals surface area (Å²) >= 11 is 0. The number of rotatable bonds is 9. The van der Waals surface area contributed by atoms with Gasteiger partial charge in [0.15, 0.2) is 5.96 Å². The standard InChI is InChI=1S/C23H40N6O.HI/c1-3-24-23(25-10-7-11-27-16-18-30-19-17-27)26-20-21(2)28-12-14-29(15-13-28)22-8-5-4-6-9-22;/h4-6,8-9,21H,3,7,10-20H2,1-2H3,(H2,24,25,26);1H. The minimum absolute atomic E-state index is 0. The Hall–Kier alpha value is -1.10. The van der Waals surface area contributed by atoms with Crippen molar-refractivity contribution < 1.29 is 4.74 Å². The van der Waals surface area contributed by atoms with E-state index < -0.39 is 0 Å². The fourth-order valence-corrected chi connectivity index (χ4v) is 4.07. The van der Waals surface area contributed by atoms with E-state index in [4.69, 9.17) is 9.73 Å². The summed E-state index contributed by atoms with van der Waals surface area (Å²) in [6.45, 7) is 16.4. The van der Waals surface area contributed by atoms with Gasteiger partial charge in [-0.25, -0.2) is 0 Å². The molecule has 7 nitrogen and oxygen atoms in total. The van der Waals surface area contributed by atoms with E-state index in [1.54, 1.807) is 0 Å². The Kier molecular flexibility index (Phi) is 12.5. The molecule has 0 aromatic heterocycles. The van der Waals surface area contributed by atoms with Gasteiger partial charge < -0.3 is 20.3 Å². The van der Waals surface area contributed by atoms with Crippen molar-refractivity contribution >= 4 is 35.6 Å². The number of halogens is 1. The topological polar surface area (TPSA) is 55.4 Å². The van der Waals surface area contributed by atoms with Gasteiger partial charge in [-0.2, -0.15) is 0 Å². The van der Waals surface area contributed by atoms with Crippen LogP contribution in [-0.2, 0) is 4.74 Å². The zero-order valence-corrected chi connectivity index (χ0v) is 21.6. The summed E-state index contributed by atoms with van der Waals surface area (Å²) in [6.07, 6.45) is 1.13. The second-order valence-corrected chi connectivity index (χ2v) is 8.16. The van der Waals surface area contributed by atoms with Crippen molar-refractivity contribution in [2.24, 2.45) is 4.99 Å². The number of hydrogen-bond acceptors (Lipinski definition) is 5. The summed E-state index contributed by atoms with van der Waals surface area (Å²) in [5.41, 5.74) is 1.33. The zero-order valence-electron chi connectivity index (χ0n) is 19.3. The number of anilines is 1. The highest BCUT2D eigenvalue weighted by atomic mass is 127. The molecule has 0 spiro atoms. The molecule has 0 bridgehead atoms. The Morgan fingerprint density at radius 2 is 1.74 bits per heavy atom. The van der Waals surface area contributed by atoms with Crippen molar-refractivity contribution in [3.63, 3.8) is 0 Å². The molecule has 2 fully saturated rings. The lowest BCUT2D eigenvalue weighted by atomic mass is 10.2. The van der Waals surface area contributed by atoms with E-state index in [0.29, 0.717) is 6.04 Å². The lowest BCUT2D eigenvalue weighted by molar-refractivity contribution is 0.0376. The number of hydrogen-bond donors (Lipinski definition) is 2. The number of piperazine rings is 1. The van der Waals surface area contributed by atoms with E-state index in [0.717, 1.165) is 91.0 Å². The molecule has 2 aliphatic rings. The monoisotopic (exact) mass is 544 g/mol. The van der Waals surface area contributed by atoms with Crippen molar-refractivity contribution in [2.75, 3.05) is 83.6 Å². The van der Waals surface area contributed by atoms with Crippen molar-refractivity contribution in [3.8, 4) is 0 Å². The molecule has 0 aliphatic carbocycles. The number of benzene rings is 1. The molecule has 31 heavy (non-hydrogen) atoms. The lowest BCUT2D eigenvalue weighted by Gasteiger charge is -2.38. The number of morpholine rings is 1. The molecular formula is C23H41IN6O. The van der Waals surface area contributed by atoms with Crippen molar-refractivity contribution in [1.82, 2.24) is 20.4 Å². The molecule has 0 radical (unpaired) electrons. The number of guanidine groups is 1. The van der Waals surface area contributed by atoms with Gasteiger partial charge in [0.05, 0.1) is 19.8 Å². The van der Waals surface area contributed by atoms with Crippen LogP contribution < -0.4 is 15.5 Å². The highest BCUT2D eigenvalue weighted by molar-refractivity contribution is 14.0. The maximum absolute atomic E-state index is 5.42. The Bertz CT molecular complexity index is 618. The van der Waals surface area contributed by atoms with Crippen LogP contribution in [0.4, 0.5) is 5.69 Å². The molecular weight excluding hydrogens is 503 g/mol. The fraction of sp³-hybridized carbons (Fsp3) is 0.696. The van der Waals surface area contributed by atoms with Gasteiger partial charge >= 0.3 is 0 Å². The van der Waals surface area contributed by atoms with E-state index in [-0.39, 0.29) is 24.0 Å². The summed E-state index contributed by atoms with van der Waals surface area (Å²) in [7, 11) is 0. The van der Waals surface area contributed by atoms with Gasteiger partial charge in [0.2, 0.25) is 0 Å². The van der Waals surface area contributed by atoms with Gasteiger partial charge in [0, 0.05) is 64.1 Å². The highest BCUT2D eigenvalue weighted by Gasteiger charge is 2.21. The van der Waals surface area contributed by atoms with Crippen LogP contribution in [0.2, 0.25) is 0 Å². The molecule has 0 saturated carbocycles. The molecule has 1 unspecified atom stereocenters. The predicted molar refractivity (Wildman–Crippen MR) is 141 cm³/mol. The Labute approximate surface area is 205 Å². The molecule has 2 N–H and O–H groups in total. The van der Waals surface area contributed by atoms with E-state index in [1.165, 1.54) is 5.69 Å². The van der Waals surface area contributed by atoms with Gasteiger partial charge in [0.25, 0.3) is 0 Å². The van der Waals surface area contributed by atoms with Gasteiger partial charge in [0.1, 0.15) is 0 Å². The molecule has 0 amide bonds. The first-order valence-corrected chi connectivity index (χ1v) is 11.6. The van der Waals surface area contributed by atoms with Crippen molar-refractivity contribution in [2.45, 2.75) is 26.3 Å². The van der Waals surface area contributed by atoms with Crippen molar-refractivity contribution in [1.29, 1.82) is 0 Å². The third-order valence-electron chi connectivity index (χ3n) is 5.96. The summed E-state index contributed by atoms with van der Waals surface area (Å²) in [6, 6.07) is 11.2. The third-order valence-corrected chi connectivity index (χ3v) is 5.96. The summed E-state index contributed by atoms with van der Waals surface area (Å²) in [5, 5.41) is 6.89. The van der Waals surface area contributed by atoms with E-state index in [9.17, 15) is 0 Å². The number of ether oxygens (including phenoxy) is 1. The highest BCUT2D eigenvalue weighted by Crippen LogP contribution is 2.16. The molecule has 2 saturated heterocycles. The molecule has 3 rings (SSSR count). The average molecular weight is 545 g/mol. The molecule has 1 atom stereocenters. The third kappa shape index (κ3) is 9.11. The first kappa shape index (κ1) is 26.2. The number of aliphatic imine (C=N–C) groups is 1.